The van der Waals surface area contributed by atoms with Gasteiger partial charge in [0.25, 0.3) is 0 Å². The zero-order chi connectivity index (χ0) is 12.1. The van der Waals surface area contributed by atoms with Gasteiger partial charge in [-0.15, -0.1) is 0 Å². The van der Waals surface area contributed by atoms with Crippen LogP contribution in [0.15, 0.2) is 18.2 Å². The Morgan fingerprint density at radius 3 is 2.47 bits per heavy atom. The predicted molar refractivity (Wildman–Crippen MR) is 73.9 cm³/mol. The summed E-state index contributed by atoms with van der Waals surface area (Å²) in [6.07, 6.45) is 7.75. The van der Waals surface area contributed by atoms with Gasteiger partial charge in [0.15, 0.2) is 0 Å². The average molecular weight is 248 g/mol. The van der Waals surface area contributed by atoms with Gasteiger partial charge < -0.3 is 5.73 Å². The third-order valence-corrected chi connectivity index (χ3v) is 3.62. The summed E-state index contributed by atoms with van der Waals surface area (Å²) in [4.78, 5) is 0. The van der Waals surface area contributed by atoms with E-state index in [2.05, 4.69) is 11.8 Å². The molecule has 1 aromatic carbocycles. The molecule has 1 nitrogen and oxygen atoms in total. The lowest BCUT2D eigenvalue weighted by Gasteiger charge is -2.05. The van der Waals surface area contributed by atoms with Crippen LogP contribution >= 0.6 is 11.6 Å². The number of hydrogen-bond acceptors (Lipinski definition) is 1. The molecule has 1 aromatic rings. The standard InChI is InChI=1S/C15H18ClN/c16-14-8-5-9-15(17)13(14)11-10-12-6-3-1-2-4-7-12/h5,8-9,12H,1-4,6-7,17H2. The van der Waals surface area contributed by atoms with Gasteiger partial charge in [-0.25, -0.2) is 0 Å². The van der Waals surface area contributed by atoms with Crippen molar-refractivity contribution in [2.24, 2.45) is 5.92 Å². The van der Waals surface area contributed by atoms with E-state index in [4.69, 9.17) is 17.3 Å². The third kappa shape index (κ3) is 3.41. The van der Waals surface area contributed by atoms with E-state index < -0.39 is 0 Å². The molecule has 0 unspecified atom stereocenters. The minimum Gasteiger partial charge on any atom is -0.398 e. The highest BCUT2D eigenvalue weighted by atomic mass is 35.5. The number of halogens is 1. The van der Waals surface area contributed by atoms with Crippen molar-refractivity contribution in [2.75, 3.05) is 5.73 Å². The molecule has 0 spiro atoms. The third-order valence-electron chi connectivity index (χ3n) is 3.30. The fourth-order valence-electron chi connectivity index (χ4n) is 2.27. The van der Waals surface area contributed by atoms with E-state index in [1.54, 1.807) is 0 Å². The number of rotatable bonds is 0. The Hall–Kier alpha value is -1.13. The smallest absolute Gasteiger partial charge is 0.0661 e. The summed E-state index contributed by atoms with van der Waals surface area (Å²) in [5.41, 5.74) is 7.35. The molecule has 0 atom stereocenters. The second kappa shape index (κ2) is 5.98. The lowest BCUT2D eigenvalue weighted by atomic mass is 10.0. The molecule has 2 N–H and O–H groups in total. The number of nitrogens with two attached hydrogens (primary N) is 1. The van der Waals surface area contributed by atoms with E-state index in [1.165, 1.54) is 38.5 Å². The summed E-state index contributed by atoms with van der Waals surface area (Å²) in [5.74, 6) is 7.04. The lowest BCUT2D eigenvalue weighted by molar-refractivity contribution is 0.577. The Kier molecular flexibility index (Phi) is 4.34. The fourth-order valence-corrected chi connectivity index (χ4v) is 2.50. The molecular formula is C15H18ClN. The maximum atomic E-state index is 6.10. The summed E-state index contributed by atoms with van der Waals surface area (Å²) in [7, 11) is 0. The molecule has 0 aliphatic heterocycles. The Labute approximate surface area is 108 Å². The Bertz CT molecular complexity index is 414. The van der Waals surface area contributed by atoms with E-state index in [9.17, 15) is 0 Å². The molecule has 0 heterocycles. The first kappa shape index (κ1) is 12.3. The molecular weight excluding hydrogens is 230 g/mol. The largest absolute Gasteiger partial charge is 0.398 e. The Morgan fingerprint density at radius 1 is 1.12 bits per heavy atom. The van der Waals surface area contributed by atoms with Gasteiger partial charge in [0.1, 0.15) is 0 Å². The van der Waals surface area contributed by atoms with Gasteiger partial charge >= 0.3 is 0 Å². The van der Waals surface area contributed by atoms with Crippen molar-refractivity contribution in [3.05, 3.63) is 28.8 Å². The molecule has 1 saturated carbocycles. The van der Waals surface area contributed by atoms with Crippen molar-refractivity contribution in [3.8, 4) is 11.8 Å². The van der Waals surface area contributed by atoms with Crippen LogP contribution in [0.2, 0.25) is 5.02 Å². The van der Waals surface area contributed by atoms with E-state index in [0.717, 1.165) is 5.56 Å². The van der Waals surface area contributed by atoms with Crippen molar-refractivity contribution in [3.63, 3.8) is 0 Å². The molecule has 0 aromatic heterocycles. The van der Waals surface area contributed by atoms with E-state index >= 15 is 0 Å². The van der Waals surface area contributed by atoms with Crippen molar-refractivity contribution < 1.29 is 0 Å². The zero-order valence-electron chi connectivity index (χ0n) is 10.0. The molecule has 2 heteroatoms. The van der Waals surface area contributed by atoms with Gasteiger partial charge in [0.05, 0.1) is 10.6 Å². The summed E-state index contributed by atoms with van der Waals surface area (Å²) < 4.78 is 0. The number of anilines is 1. The van der Waals surface area contributed by atoms with Gasteiger partial charge in [-0.2, -0.15) is 0 Å². The first-order chi connectivity index (χ1) is 8.27. The van der Waals surface area contributed by atoms with Crippen molar-refractivity contribution in [1.82, 2.24) is 0 Å². The van der Waals surface area contributed by atoms with Crippen molar-refractivity contribution >= 4 is 17.3 Å². The van der Waals surface area contributed by atoms with E-state index in [1.807, 2.05) is 18.2 Å². The highest BCUT2D eigenvalue weighted by Gasteiger charge is 2.09. The molecule has 0 radical (unpaired) electrons. The quantitative estimate of drug-likeness (QED) is 0.414. The zero-order valence-corrected chi connectivity index (χ0v) is 10.8. The van der Waals surface area contributed by atoms with E-state index in [0.29, 0.717) is 16.6 Å². The normalized spacial score (nSPS) is 17.0. The molecule has 17 heavy (non-hydrogen) atoms. The predicted octanol–water partition coefficient (Wildman–Crippen LogP) is 4.24. The van der Waals surface area contributed by atoms with Crippen LogP contribution in [0.4, 0.5) is 5.69 Å². The number of hydrogen-bond donors (Lipinski definition) is 1. The molecule has 1 fully saturated rings. The summed E-state index contributed by atoms with van der Waals surface area (Å²) in [6, 6.07) is 5.55. The van der Waals surface area contributed by atoms with Gasteiger partial charge in [-0.1, -0.05) is 55.2 Å². The molecule has 0 amide bonds. The second-order valence-corrected chi connectivity index (χ2v) is 5.07. The summed E-state index contributed by atoms with van der Waals surface area (Å²) in [5, 5.41) is 0.658. The van der Waals surface area contributed by atoms with Crippen LogP contribution in [0.1, 0.15) is 44.1 Å². The highest BCUT2D eigenvalue weighted by Crippen LogP contribution is 2.24. The maximum absolute atomic E-state index is 6.10. The SMILES string of the molecule is Nc1cccc(Cl)c1C#CC1CCCCCC1. The lowest BCUT2D eigenvalue weighted by Crippen LogP contribution is -1.95. The van der Waals surface area contributed by atoms with E-state index in [-0.39, 0.29) is 0 Å². The molecule has 90 valence electrons. The van der Waals surface area contributed by atoms with Gasteiger partial charge in [0.2, 0.25) is 0 Å². The first-order valence-corrected chi connectivity index (χ1v) is 6.70. The molecule has 2 rings (SSSR count). The van der Waals surface area contributed by atoms with Gasteiger partial charge in [0, 0.05) is 11.6 Å². The van der Waals surface area contributed by atoms with Gasteiger partial charge in [-0.05, 0) is 25.0 Å². The Balaban J connectivity index is 2.14. The van der Waals surface area contributed by atoms with Crippen LogP contribution in [0.3, 0.4) is 0 Å². The summed E-state index contributed by atoms with van der Waals surface area (Å²) >= 11 is 6.10. The number of nitrogen functional groups attached to an aromatic ring is 1. The monoisotopic (exact) mass is 247 g/mol. The number of benzene rings is 1. The van der Waals surface area contributed by atoms with Crippen LogP contribution < -0.4 is 5.73 Å². The molecule has 0 bridgehead atoms. The van der Waals surface area contributed by atoms with Crippen LogP contribution in [0.25, 0.3) is 0 Å². The minimum absolute atomic E-state index is 0.521. The second-order valence-electron chi connectivity index (χ2n) is 4.66. The average Bonchev–Trinajstić information content (AvgIpc) is 2.57. The summed E-state index contributed by atoms with van der Waals surface area (Å²) in [6.45, 7) is 0. The first-order valence-electron chi connectivity index (χ1n) is 6.33. The van der Waals surface area contributed by atoms with Gasteiger partial charge in [-0.3, -0.25) is 0 Å². The topological polar surface area (TPSA) is 26.0 Å². The van der Waals surface area contributed by atoms with Crippen molar-refractivity contribution in [1.29, 1.82) is 0 Å². The molecule has 1 aliphatic carbocycles. The molecule has 0 saturated heterocycles. The highest BCUT2D eigenvalue weighted by molar-refractivity contribution is 6.32. The van der Waals surface area contributed by atoms with Crippen molar-refractivity contribution in [2.45, 2.75) is 38.5 Å². The molecule has 1 aliphatic rings. The maximum Gasteiger partial charge on any atom is 0.0661 e. The van der Waals surface area contributed by atoms with Crippen LogP contribution in [0, 0.1) is 17.8 Å². The Morgan fingerprint density at radius 2 is 1.82 bits per heavy atom. The van der Waals surface area contributed by atoms with Crippen LogP contribution in [-0.2, 0) is 0 Å². The minimum atomic E-state index is 0.521. The van der Waals surface area contributed by atoms with Crippen LogP contribution in [0.5, 0.6) is 0 Å². The van der Waals surface area contributed by atoms with Crippen LogP contribution in [-0.4, -0.2) is 0 Å². The fraction of sp³-hybridized carbons (Fsp3) is 0.467.